The van der Waals surface area contributed by atoms with Gasteiger partial charge in [0.2, 0.25) is 0 Å². The third-order valence-corrected chi connectivity index (χ3v) is 2.40. The predicted octanol–water partition coefficient (Wildman–Crippen LogP) is 1.52. The molecule has 108 valence electrons. The van der Waals surface area contributed by atoms with Crippen molar-refractivity contribution in [2.45, 2.75) is 49.9 Å². The highest BCUT2D eigenvalue weighted by atomic mass is 19.4. The summed E-state index contributed by atoms with van der Waals surface area (Å²) in [5.74, 6) is -5.64. The molecule has 0 bridgehead atoms. The molecule has 0 amide bonds. The van der Waals surface area contributed by atoms with Gasteiger partial charge in [-0.15, -0.1) is 0 Å². The number of aliphatic hydroxyl groups is 1. The predicted molar refractivity (Wildman–Crippen MR) is 51.1 cm³/mol. The molecule has 0 saturated heterocycles. The van der Waals surface area contributed by atoms with Crippen molar-refractivity contribution >= 4 is 5.97 Å². The number of hydrogen-bond donors (Lipinski definition) is 3. The Morgan fingerprint density at radius 3 is 2.11 bits per heavy atom. The van der Waals surface area contributed by atoms with E-state index in [1.165, 1.54) is 0 Å². The first-order valence-electron chi connectivity index (χ1n) is 5.10. The Labute approximate surface area is 99.6 Å². The Balaban J connectivity index is 0.000000360. The summed E-state index contributed by atoms with van der Waals surface area (Å²) >= 11 is 0. The molecule has 0 aromatic carbocycles. The van der Waals surface area contributed by atoms with E-state index in [0.717, 1.165) is 0 Å². The molecule has 1 aliphatic carbocycles. The summed E-state index contributed by atoms with van der Waals surface area (Å²) in [6, 6.07) is -1.37. The maximum absolute atomic E-state index is 12.8. The lowest BCUT2D eigenvalue weighted by Gasteiger charge is -2.23. The summed E-state index contributed by atoms with van der Waals surface area (Å²) in [5.41, 5.74) is 5.16. The molecule has 1 fully saturated rings. The molecule has 2 unspecified atom stereocenters. The van der Waals surface area contributed by atoms with Crippen molar-refractivity contribution in [2.75, 3.05) is 0 Å². The largest absolute Gasteiger partial charge is 0.490 e. The summed E-state index contributed by atoms with van der Waals surface area (Å²) in [4.78, 5) is 8.90. The number of carboxylic acids is 1. The van der Waals surface area contributed by atoms with E-state index in [2.05, 4.69) is 0 Å². The molecule has 0 aromatic heterocycles. The molecule has 9 heteroatoms. The lowest BCUT2D eigenvalue weighted by atomic mass is 10.0. The third kappa shape index (κ3) is 5.58. The van der Waals surface area contributed by atoms with Crippen molar-refractivity contribution in [1.29, 1.82) is 0 Å². The van der Waals surface area contributed by atoms with Crippen LogP contribution in [0.15, 0.2) is 0 Å². The molecule has 1 aliphatic rings. The second-order valence-corrected chi connectivity index (χ2v) is 3.90. The van der Waals surface area contributed by atoms with Gasteiger partial charge in [-0.25, -0.2) is 13.6 Å². The van der Waals surface area contributed by atoms with Crippen molar-refractivity contribution < 1.29 is 37.0 Å². The maximum atomic E-state index is 12.8. The van der Waals surface area contributed by atoms with Crippen molar-refractivity contribution in [3.05, 3.63) is 0 Å². The van der Waals surface area contributed by atoms with Crippen LogP contribution < -0.4 is 5.73 Å². The van der Waals surface area contributed by atoms with Gasteiger partial charge in [-0.1, -0.05) is 6.42 Å². The number of nitrogens with two attached hydrogens (primary N) is 1. The van der Waals surface area contributed by atoms with Gasteiger partial charge in [0.05, 0.1) is 12.1 Å². The fourth-order valence-corrected chi connectivity index (χ4v) is 1.34. The van der Waals surface area contributed by atoms with Crippen molar-refractivity contribution in [1.82, 2.24) is 0 Å². The first-order chi connectivity index (χ1) is 7.98. The smallest absolute Gasteiger partial charge is 0.475 e. The van der Waals surface area contributed by atoms with Gasteiger partial charge >= 0.3 is 12.1 Å². The molecule has 0 aromatic rings. The minimum atomic E-state index is -5.08. The van der Waals surface area contributed by atoms with Gasteiger partial charge in [0.1, 0.15) is 0 Å². The number of aliphatic hydroxyl groups excluding tert-OH is 1. The number of halogens is 5. The monoisotopic (exact) mass is 279 g/mol. The van der Waals surface area contributed by atoms with Gasteiger partial charge in [-0.05, 0) is 12.8 Å². The number of aliphatic carboxylic acids is 1. The van der Waals surface area contributed by atoms with Gasteiger partial charge in [0.15, 0.2) is 0 Å². The topological polar surface area (TPSA) is 83.5 Å². The summed E-state index contributed by atoms with van der Waals surface area (Å²) in [5, 5.41) is 16.2. The van der Waals surface area contributed by atoms with Gasteiger partial charge in [-0.3, -0.25) is 0 Å². The highest BCUT2D eigenvalue weighted by molar-refractivity contribution is 5.73. The number of hydrogen-bond acceptors (Lipinski definition) is 3. The van der Waals surface area contributed by atoms with Gasteiger partial charge in [0, 0.05) is 6.42 Å². The fourth-order valence-electron chi connectivity index (χ4n) is 1.34. The second-order valence-electron chi connectivity index (χ2n) is 3.90. The number of rotatable bonds is 0. The standard InChI is InChI=1S/C7H13F2NO.C2HF3O2/c8-7(9)4-2-1-3-5(11)6(7)10;3-2(4,5)1(6)7/h5-6,11H,1-4,10H2;(H,6,7). The number of carboxylic acid groups (broad SMARTS) is 1. The lowest BCUT2D eigenvalue weighted by Crippen LogP contribution is -2.48. The van der Waals surface area contributed by atoms with E-state index in [-0.39, 0.29) is 6.42 Å². The molecule has 0 aliphatic heterocycles. The van der Waals surface area contributed by atoms with Crippen LogP contribution in [0.1, 0.15) is 25.7 Å². The highest BCUT2D eigenvalue weighted by Crippen LogP contribution is 2.31. The molecule has 4 nitrogen and oxygen atoms in total. The molecular weight excluding hydrogens is 265 g/mol. The molecule has 0 radical (unpaired) electrons. The minimum Gasteiger partial charge on any atom is -0.475 e. The molecule has 1 rings (SSSR count). The molecule has 4 N–H and O–H groups in total. The Kier molecular flexibility index (Phi) is 5.94. The van der Waals surface area contributed by atoms with Gasteiger partial charge in [0.25, 0.3) is 5.92 Å². The molecular formula is C9H14F5NO3. The van der Waals surface area contributed by atoms with Crippen LogP contribution in [0, 0.1) is 0 Å². The van der Waals surface area contributed by atoms with E-state index in [4.69, 9.17) is 20.7 Å². The van der Waals surface area contributed by atoms with Crippen LogP contribution in [-0.4, -0.2) is 40.4 Å². The van der Waals surface area contributed by atoms with Crippen LogP contribution in [0.3, 0.4) is 0 Å². The van der Waals surface area contributed by atoms with E-state index < -0.39 is 30.2 Å². The van der Waals surface area contributed by atoms with Gasteiger partial charge in [-0.2, -0.15) is 13.2 Å². The SMILES string of the molecule is NC1C(O)CCCCC1(F)F.O=C(O)C(F)(F)F. The quantitative estimate of drug-likeness (QED) is 0.463. The summed E-state index contributed by atoms with van der Waals surface area (Å²) in [6.07, 6.45) is -4.81. The zero-order chi connectivity index (χ0) is 14.6. The van der Waals surface area contributed by atoms with Crippen LogP contribution in [0.2, 0.25) is 0 Å². The molecule has 1 saturated carbocycles. The first-order valence-corrected chi connectivity index (χ1v) is 5.10. The minimum absolute atomic E-state index is 0.189. The second kappa shape index (κ2) is 6.28. The Hall–Kier alpha value is -0.960. The highest BCUT2D eigenvalue weighted by Gasteiger charge is 2.42. The molecule has 0 heterocycles. The van der Waals surface area contributed by atoms with Crippen molar-refractivity contribution in [3.8, 4) is 0 Å². The molecule has 18 heavy (non-hydrogen) atoms. The Morgan fingerprint density at radius 2 is 1.72 bits per heavy atom. The maximum Gasteiger partial charge on any atom is 0.490 e. The Morgan fingerprint density at radius 1 is 1.28 bits per heavy atom. The lowest BCUT2D eigenvalue weighted by molar-refractivity contribution is -0.192. The van der Waals surface area contributed by atoms with Crippen LogP contribution in [0.25, 0.3) is 0 Å². The number of carbonyl (C=O) groups is 1. The Bertz CT molecular complexity index is 282. The van der Waals surface area contributed by atoms with Crippen molar-refractivity contribution in [3.63, 3.8) is 0 Å². The van der Waals surface area contributed by atoms with Gasteiger partial charge < -0.3 is 15.9 Å². The first kappa shape index (κ1) is 17.0. The van der Waals surface area contributed by atoms with E-state index in [9.17, 15) is 22.0 Å². The molecule has 0 spiro atoms. The molecule has 2 atom stereocenters. The van der Waals surface area contributed by atoms with E-state index in [1.807, 2.05) is 0 Å². The zero-order valence-electron chi connectivity index (χ0n) is 9.25. The van der Waals surface area contributed by atoms with E-state index in [1.54, 1.807) is 0 Å². The van der Waals surface area contributed by atoms with E-state index >= 15 is 0 Å². The van der Waals surface area contributed by atoms with Crippen LogP contribution in [0.5, 0.6) is 0 Å². The van der Waals surface area contributed by atoms with Crippen LogP contribution >= 0.6 is 0 Å². The van der Waals surface area contributed by atoms with Crippen LogP contribution in [-0.2, 0) is 4.79 Å². The van der Waals surface area contributed by atoms with Crippen molar-refractivity contribution in [2.24, 2.45) is 5.73 Å². The summed E-state index contributed by atoms with van der Waals surface area (Å²) in [7, 11) is 0. The normalized spacial score (nSPS) is 27.7. The summed E-state index contributed by atoms with van der Waals surface area (Å²) < 4.78 is 57.4. The third-order valence-electron chi connectivity index (χ3n) is 2.40. The fraction of sp³-hybridized carbons (Fsp3) is 0.889. The van der Waals surface area contributed by atoms with Crippen LogP contribution in [0.4, 0.5) is 22.0 Å². The summed E-state index contributed by atoms with van der Waals surface area (Å²) in [6.45, 7) is 0. The number of alkyl halides is 5. The zero-order valence-corrected chi connectivity index (χ0v) is 9.25. The van der Waals surface area contributed by atoms with E-state index in [0.29, 0.717) is 19.3 Å². The average molecular weight is 279 g/mol. The average Bonchev–Trinajstić information content (AvgIpc) is 2.31.